The fourth-order valence-electron chi connectivity index (χ4n) is 3.24. The molecule has 0 spiro atoms. The zero-order chi connectivity index (χ0) is 13.4. The molecule has 3 heteroatoms. The maximum Gasteiger partial charge on any atom is 0.124 e. The van der Waals surface area contributed by atoms with Crippen molar-refractivity contribution < 1.29 is 4.39 Å². The van der Waals surface area contributed by atoms with Crippen LogP contribution >= 0.6 is 11.6 Å². The van der Waals surface area contributed by atoms with Gasteiger partial charge < -0.3 is 5.73 Å². The summed E-state index contributed by atoms with van der Waals surface area (Å²) in [5, 5.41) is 0.489. The van der Waals surface area contributed by atoms with Crippen LogP contribution < -0.4 is 5.73 Å². The first-order valence-corrected chi connectivity index (χ1v) is 6.90. The van der Waals surface area contributed by atoms with E-state index in [-0.39, 0.29) is 11.4 Å². The minimum atomic E-state index is -0.293. The van der Waals surface area contributed by atoms with E-state index in [9.17, 15) is 4.39 Å². The fourth-order valence-corrected chi connectivity index (χ4v) is 3.48. The monoisotopic (exact) mass is 269 g/mol. The Hall–Kier alpha value is -0.600. The van der Waals surface area contributed by atoms with E-state index >= 15 is 0 Å². The highest BCUT2D eigenvalue weighted by atomic mass is 35.5. The summed E-state index contributed by atoms with van der Waals surface area (Å²) in [6.07, 6.45) is 5.12. The Kier molecular flexibility index (Phi) is 3.70. The number of rotatable bonds is 2. The van der Waals surface area contributed by atoms with Crippen molar-refractivity contribution in [3.8, 4) is 0 Å². The molecule has 0 amide bonds. The van der Waals surface area contributed by atoms with Crippen molar-refractivity contribution in [1.29, 1.82) is 0 Å². The molecule has 0 saturated heterocycles. The maximum atomic E-state index is 13.0. The third-order valence-corrected chi connectivity index (χ3v) is 4.27. The van der Waals surface area contributed by atoms with Crippen molar-refractivity contribution in [3.05, 3.63) is 34.6 Å². The lowest BCUT2D eigenvalue weighted by atomic mass is 9.66. The molecule has 1 unspecified atom stereocenters. The molecule has 0 aliphatic heterocycles. The molecule has 1 saturated carbocycles. The van der Waals surface area contributed by atoms with Crippen molar-refractivity contribution in [1.82, 2.24) is 0 Å². The molecule has 0 aromatic heterocycles. The van der Waals surface area contributed by atoms with Crippen molar-refractivity contribution in [2.45, 2.75) is 51.5 Å². The number of hydrogen-bond acceptors (Lipinski definition) is 1. The summed E-state index contributed by atoms with van der Waals surface area (Å²) >= 11 is 6.09. The summed E-state index contributed by atoms with van der Waals surface area (Å²) in [5.41, 5.74) is 7.56. The van der Waals surface area contributed by atoms with Gasteiger partial charge >= 0.3 is 0 Å². The predicted molar refractivity (Wildman–Crippen MR) is 74.3 cm³/mol. The molecule has 0 radical (unpaired) electrons. The molecule has 1 aromatic rings. The van der Waals surface area contributed by atoms with Gasteiger partial charge in [0.05, 0.1) is 0 Å². The average molecular weight is 270 g/mol. The van der Waals surface area contributed by atoms with Gasteiger partial charge in [-0.2, -0.15) is 0 Å². The second-order valence-corrected chi connectivity index (χ2v) is 6.88. The van der Waals surface area contributed by atoms with Gasteiger partial charge in [-0.3, -0.25) is 0 Å². The minimum Gasteiger partial charge on any atom is -0.325 e. The zero-order valence-corrected chi connectivity index (χ0v) is 11.9. The normalized spacial score (nSPS) is 27.2. The Morgan fingerprint density at radius 2 is 2.06 bits per heavy atom. The van der Waals surface area contributed by atoms with Gasteiger partial charge in [0.25, 0.3) is 0 Å². The molecule has 18 heavy (non-hydrogen) atoms. The topological polar surface area (TPSA) is 26.0 Å². The summed E-state index contributed by atoms with van der Waals surface area (Å²) in [5.74, 6) is -0.293. The van der Waals surface area contributed by atoms with Crippen LogP contribution in [0.1, 0.15) is 45.1 Å². The van der Waals surface area contributed by atoms with Crippen molar-refractivity contribution >= 4 is 11.6 Å². The van der Waals surface area contributed by atoms with Gasteiger partial charge in [0.2, 0.25) is 0 Å². The first kappa shape index (κ1) is 13.8. The smallest absolute Gasteiger partial charge is 0.124 e. The fraction of sp³-hybridized carbons (Fsp3) is 0.600. The third kappa shape index (κ3) is 3.24. The van der Waals surface area contributed by atoms with Gasteiger partial charge in [-0.05, 0) is 48.8 Å². The summed E-state index contributed by atoms with van der Waals surface area (Å²) in [7, 11) is 0. The Balaban J connectivity index is 2.17. The highest BCUT2D eigenvalue weighted by Gasteiger charge is 2.37. The second-order valence-electron chi connectivity index (χ2n) is 6.47. The first-order valence-electron chi connectivity index (χ1n) is 6.53. The SMILES string of the molecule is CC1(C)CCCC(N)(Cc2ccc(F)cc2Cl)C1. The van der Waals surface area contributed by atoms with Gasteiger partial charge in [0.1, 0.15) is 5.82 Å². The summed E-state index contributed by atoms with van der Waals surface area (Å²) in [4.78, 5) is 0. The van der Waals surface area contributed by atoms with Crippen LogP contribution in [0.3, 0.4) is 0 Å². The molecule has 1 atom stereocenters. The van der Waals surface area contributed by atoms with Gasteiger partial charge in [0, 0.05) is 10.6 Å². The summed E-state index contributed by atoms with van der Waals surface area (Å²) < 4.78 is 13.0. The highest BCUT2D eigenvalue weighted by Crippen LogP contribution is 2.41. The Labute approximate surface area is 114 Å². The molecule has 2 rings (SSSR count). The number of halogens is 2. The van der Waals surface area contributed by atoms with Crippen molar-refractivity contribution in [2.75, 3.05) is 0 Å². The van der Waals surface area contributed by atoms with Crippen LogP contribution in [0, 0.1) is 11.2 Å². The molecule has 1 fully saturated rings. The van der Waals surface area contributed by atoms with Gasteiger partial charge in [-0.25, -0.2) is 4.39 Å². The van der Waals surface area contributed by atoms with Crippen LogP contribution in [0.5, 0.6) is 0 Å². The van der Waals surface area contributed by atoms with E-state index < -0.39 is 0 Å². The van der Waals surface area contributed by atoms with E-state index in [1.165, 1.54) is 18.6 Å². The number of benzene rings is 1. The molecule has 1 aromatic carbocycles. The standard InChI is InChI=1S/C15H21ClFN/c1-14(2)6-3-7-15(18,10-14)9-11-4-5-12(17)8-13(11)16/h4-5,8H,3,6-7,9-10,18H2,1-2H3. The van der Waals surface area contributed by atoms with E-state index in [0.717, 1.165) is 31.2 Å². The lowest BCUT2D eigenvalue weighted by Crippen LogP contribution is -2.48. The van der Waals surface area contributed by atoms with E-state index in [2.05, 4.69) is 13.8 Å². The van der Waals surface area contributed by atoms with E-state index in [0.29, 0.717) is 10.4 Å². The summed E-state index contributed by atoms with van der Waals surface area (Å²) in [6, 6.07) is 4.58. The predicted octanol–water partition coefficient (Wildman–Crippen LogP) is 4.32. The Morgan fingerprint density at radius 3 is 2.67 bits per heavy atom. The number of hydrogen-bond donors (Lipinski definition) is 1. The molecular weight excluding hydrogens is 249 g/mol. The van der Waals surface area contributed by atoms with Crippen LogP contribution in [0.2, 0.25) is 5.02 Å². The second kappa shape index (κ2) is 4.82. The van der Waals surface area contributed by atoms with E-state index in [1.807, 2.05) is 0 Å². The van der Waals surface area contributed by atoms with E-state index in [4.69, 9.17) is 17.3 Å². The molecule has 1 aliphatic rings. The lowest BCUT2D eigenvalue weighted by Gasteiger charge is -2.43. The molecular formula is C15H21ClFN. The zero-order valence-electron chi connectivity index (χ0n) is 11.1. The molecule has 100 valence electrons. The Morgan fingerprint density at radius 1 is 1.33 bits per heavy atom. The molecule has 0 heterocycles. The van der Waals surface area contributed by atoms with Crippen LogP contribution in [0.25, 0.3) is 0 Å². The Bertz CT molecular complexity index is 444. The molecule has 2 N–H and O–H groups in total. The van der Waals surface area contributed by atoms with Crippen molar-refractivity contribution in [3.63, 3.8) is 0 Å². The van der Waals surface area contributed by atoms with Crippen molar-refractivity contribution in [2.24, 2.45) is 11.1 Å². The van der Waals surface area contributed by atoms with Gasteiger partial charge in [-0.1, -0.05) is 37.9 Å². The molecule has 0 bridgehead atoms. The summed E-state index contributed by atoms with van der Waals surface area (Å²) in [6.45, 7) is 4.53. The van der Waals surface area contributed by atoms with Gasteiger partial charge in [-0.15, -0.1) is 0 Å². The van der Waals surface area contributed by atoms with E-state index in [1.54, 1.807) is 6.07 Å². The molecule has 1 aliphatic carbocycles. The average Bonchev–Trinajstić information content (AvgIpc) is 2.20. The minimum absolute atomic E-state index is 0.205. The molecule has 1 nitrogen and oxygen atoms in total. The maximum absolute atomic E-state index is 13.0. The third-order valence-electron chi connectivity index (χ3n) is 3.92. The highest BCUT2D eigenvalue weighted by molar-refractivity contribution is 6.31. The van der Waals surface area contributed by atoms with Crippen LogP contribution in [0.4, 0.5) is 4.39 Å². The first-order chi connectivity index (χ1) is 8.30. The van der Waals surface area contributed by atoms with Crippen LogP contribution in [-0.2, 0) is 6.42 Å². The number of nitrogens with two attached hydrogens (primary N) is 1. The lowest BCUT2D eigenvalue weighted by molar-refractivity contribution is 0.151. The van der Waals surface area contributed by atoms with Crippen LogP contribution in [-0.4, -0.2) is 5.54 Å². The quantitative estimate of drug-likeness (QED) is 0.850. The van der Waals surface area contributed by atoms with Gasteiger partial charge in [0.15, 0.2) is 0 Å². The van der Waals surface area contributed by atoms with Crippen LogP contribution in [0.15, 0.2) is 18.2 Å². The largest absolute Gasteiger partial charge is 0.325 e.